The molecular formula is C23H22N2O4. The van der Waals surface area contributed by atoms with Crippen LogP contribution in [0.3, 0.4) is 0 Å². The second kappa shape index (κ2) is 9.41. The molecule has 0 heterocycles. The maximum absolute atomic E-state index is 12.1. The molecular weight excluding hydrogens is 368 g/mol. The Morgan fingerprint density at radius 1 is 0.724 bits per heavy atom. The molecule has 148 valence electrons. The molecule has 0 fully saturated rings. The molecule has 0 saturated carbocycles. The van der Waals surface area contributed by atoms with Gasteiger partial charge in [-0.3, -0.25) is 9.59 Å². The molecule has 0 aliphatic heterocycles. The minimum atomic E-state index is -0.275. The summed E-state index contributed by atoms with van der Waals surface area (Å²) in [4.78, 5) is 23.1. The van der Waals surface area contributed by atoms with Crippen LogP contribution in [0.5, 0.6) is 17.2 Å². The first kappa shape index (κ1) is 19.9. The Bertz CT molecular complexity index is 965. The summed E-state index contributed by atoms with van der Waals surface area (Å²) in [5, 5.41) is 5.44. The predicted octanol–water partition coefficient (Wildman–Crippen LogP) is 4.76. The van der Waals surface area contributed by atoms with Crippen molar-refractivity contribution in [2.75, 3.05) is 17.2 Å². The molecule has 3 aromatic rings. The molecule has 0 aromatic heterocycles. The summed E-state index contributed by atoms with van der Waals surface area (Å²) in [6, 6.07) is 21.7. The lowest BCUT2D eigenvalue weighted by atomic mass is 10.2. The van der Waals surface area contributed by atoms with E-state index in [0.29, 0.717) is 22.9 Å². The number of nitrogens with one attached hydrogen (secondary N) is 2. The summed E-state index contributed by atoms with van der Waals surface area (Å²) in [6.07, 6.45) is 0. The standard InChI is InChI=1S/C23H22N2O4/c1-16-3-9-21(10-4-16)29-22-13-7-19(8-14-22)25-23(27)15-28-20-11-5-18(6-12-20)24-17(2)26/h3-14H,15H2,1-2H3,(H,24,26)(H,25,27). The van der Waals surface area contributed by atoms with Crippen molar-refractivity contribution in [1.29, 1.82) is 0 Å². The lowest BCUT2D eigenvalue weighted by Gasteiger charge is -2.10. The van der Waals surface area contributed by atoms with Crippen LogP contribution in [-0.4, -0.2) is 18.4 Å². The molecule has 2 amide bonds. The van der Waals surface area contributed by atoms with Crippen LogP contribution in [0.2, 0.25) is 0 Å². The summed E-state index contributed by atoms with van der Waals surface area (Å²) in [5.74, 6) is 1.56. The van der Waals surface area contributed by atoms with Crippen LogP contribution in [-0.2, 0) is 9.59 Å². The van der Waals surface area contributed by atoms with E-state index in [1.807, 2.05) is 31.2 Å². The van der Waals surface area contributed by atoms with E-state index < -0.39 is 0 Å². The first-order chi connectivity index (χ1) is 14.0. The summed E-state index contributed by atoms with van der Waals surface area (Å²) in [5.41, 5.74) is 2.49. The van der Waals surface area contributed by atoms with Gasteiger partial charge in [-0.25, -0.2) is 0 Å². The molecule has 0 saturated heterocycles. The fraction of sp³-hybridized carbons (Fsp3) is 0.130. The highest BCUT2D eigenvalue weighted by atomic mass is 16.5. The van der Waals surface area contributed by atoms with Crippen LogP contribution in [0.4, 0.5) is 11.4 Å². The van der Waals surface area contributed by atoms with E-state index in [1.54, 1.807) is 48.5 Å². The largest absolute Gasteiger partial charge is 0.484 e. The summed E-state index contributed by atoms with van der Waals surface area (Å²) in [7, 11) is 0. The van der Waals surface area contributed by atoms with Crippen molar-refractivity contribution in [3.05, 3.63) is 78.4 Å². The van der Waals surface area contributed by atoms with E-state index >= 15 is 0 Å². The fourth-order valence-corrected chi connectivity index (χ4v) is 2.53. The molecule has 0 radical (unpaired) electrons. The van der Waals surface area contributed by atoms with Crippen LogP contribution < -0.4 is 20.1 Å². The van der Waals surface area contributed by atoms with Crippen molar-refractivity contribution >= 4 is 23.2 Å². The van der Waals surface area contributed by atoms with Gasteiger partial charge in [0, 0.05) is 18.3 Å². The van der Waals surface area contributed by atoms with E-state index in [0.717, 1.165) is 5.75 Å². The molecule has 0 aliphatic carbocycles. The number of amides is 2. The van der Waals surface area contributed by atoms with Gasteiger partial charge in [0.1, 0.15) is 17.2 Å². The van der Waals surface area contributed by atoms with Gasteiger partial charge in [-0.15, -0.1) is 0 Å². The van der Waals surface area contributed by atoms with Gasteiger partial charge in [0.05, 0.1) is 0 Å². The minimum absolute atomic E-state index is 0.124. The van der Waals surface area contributed by atoms with Crippen molar-refractivity contribution in [2.45, 2.75) is 13.8 Å². The summed E-state index contributed by atoms with van der Waals surface area (Å²) < 4.78 is 11.2. The Kier molecular flexibility index (Phi) is 6.47. The molecule has 6 heteroatoms. The van der Waals surface area contributed by atoms with Gasteiger partial charge in [0.25, 0.3) is 5.91 Å². The van der Waals surface area contributed by atoms with Crippen molar-refractivity contribution in [3.63, 3.8) is 0 Å². The quantitative estimate of drug-likeness (QED) is 0.610. The van der Waals surface area contributed by atoms with Crippen molar-refractivity contribution < 1.29 is 19.1 Å². The average Bonchev–Trinajstić information content (AvgIpc) is 2.70. The van der Waals surface area contributed by atoms with Crippen LogP contribution in [0, 0.1) is 6.92 Å². The van der Waals surface area contributed by atoms with Crippen molar-refractivity contribution in [2.24, 2.45) is 0 Å². The number of hydrogen-bond acceptors (Lipinski definition) is 4. The highest BCUT2D eigenvalue weighted by Gasteiger charge is 2.05. The maximum atomic E-state index is 12.1. The van der Waals surface area contributed by atoms with Crippen LogP contribution in [0.1, 0.15) is 12.5 Å². The molecule has 29 heavy (non-hydrogen) atoms. The minimum Gasteiger partial charge on any atom is -0.484 e. The number of aryl methyl sites for hydroxylation is 1. The lowest BCUT2D eigenvalue weighted by Crippen LogP contribution is -2.20. The van der Waals surface area contributed by atoms with Gasteiger partial charge in [-0.05, 0) is 67.6 Å². The zero-order valence-corrected chi connectivity index (χ0v) is 16.3. The molecule has 0 aliphatic rings. The zero-order chi connectivity index (χ0) is 20.6. The third kappa shape index (κ3) is 6.39. The first-order valence-corrected chi connectivity index (χ1v) is 9.13. The molecule has 3 aromatic carbocycles. The number of hydrogen-bond donors (Lipinski definition) is 2. The smallest absolute Gasteiger partial charge is 0.262 e. The van der Waals surface area contributed by atoms with Crippen LogP contribution in [0.15, 0.2) is 72.8 Å². The third-order valence-electron chi connectivity index (χ3n) is 3.94. The van der Waals surface area contributed by atoms with Gasteiger partial charge >= 0.3 is 0 Å². The fourth-order valence-electron chi connectivity index (χ4n) is 2.53. The van der Waals surface area contributed by atoms with Gasteiger partial charge in [0.2, 0.25) is 5.91 Å². The maximum Gasteiger partial charge on any atom is 0.262 e. The predicted molar refractivity (Wildman–Crippen MR) is 113 cm³/mol. The second-order valence-electron chi connectivity index (χ2n) is 6.48. The van der Waals surface area contributed by atoms with E-state index in [-0.39, 0.29) is 18.4 Å². The SMILES string of the molecule is CC(=O)Nc1ccc(OCC(=O)Nc2ccc(Oc3ccc(C)cc3)cc2)cc1. The van der Waals surface area contributed by atoms with Gasteiger partial charge in [-0.1, -0.05) is 17.7 Å². The van der Waals surface area contributed by atoms with Gasteiger partial charge in [0.15, 0.2) is 6.61 Å². The van der Waals surface area contributed by atoms with Crippen molar-refractivity contribution in [3.8, 4) is 17.2 Å². The van der Waals surface area contributed by atoms with Gasteiger partial charge < -0.3 is 20.1 Å². The number of ether oxygens (including phenoxy) is 2. The monoisotopic (exact) mass is 390 g/mol. The lowest BCUT2D eigenvalue weighted by molar-refractivity contribution is -0.118. The number of carbonyl (C=O) groups is 2. The Balaban J connectivity index is 1.47. The Hall–Kier alpha value is -3.80. The summed E-state index contributed by atoms with van der Waals surface area (Å²) in [6.45, 7) is 3.34. The molecule has 2 N–H and O–H groups in total. The topological polar surface area (TPSA) is 76.7 Å². The highest BCUT2D eigenvalue weighted by Crippen LogP contribution is 2.23. The number of carbonyl (C=O) groups excluding carboxylic acids is 2. The third-order valence-corrected chi connectivity index (χ3v) is 3.94. The van der Waals surface area contributed by atoms with E-state index in [4.69, 9.17) is 9.47 Å². The normalized spacial score (nSPS) is 10.1. The molecule has 0 spiro atoms. The van der Waals surface area contributed by atoms with Crippen LogP contribution >= 0.6 is 0 Å². The number of rotatable bonds is 7. The van der Waals surface area contributed by atoms with E-state index in [9.17, 15) is 9.59 Å². The molecule has 3 rings (SSSR count). The number of anilines is 2. The van der Waals surface area contributed by atoms with E-state index in [2.05, 4.69) is 10.6 Å². The first-order valence-electron chi connectivity index (χ1n) is 9.13. The van der Waals surface area contributed by atoms with E-state index in [1.165, 1.54) is 12.5 Å². The Morgan fingerprint density at radius 2 is 1.21 bits per heavy atom. The Morgan fingerprint density at radius 3 is 1.76 bits per heavy atom. The zero-order valence-electron chi connectivity index (χ0n) is 16.3. The Labute approximate surface area is 169 Å². The molecule has 0 atom stereocenters. The van der Waals surface area contributed by atoms with Crippen molar-refractivity contribution in [1.82, 2.24) is 0 Å². The second-order valence-corrected chi connectivity index (χ2v) is 6.48. The summed E-state index contributed by atoms with van der Waals surface area (Å²) >= 11 is 0. The average molecular weight is 390 g/mol. The van der Waals surface area contributed by atoms with Gasteiger partial charge in [-0.2, -0.15) is 0 Å². The molecule has 0 bridgehead atoms. The number of benzene rings is 3. The molecule has 0 unspecified atom stereocenters. The molecule has 6 nitrogen and oxygen atoms in total. The van der Waals surface area contributed by atoms with Crippen LogP contribution in [0.25, 0.3) is 0 Å². The highest BCUT2D eigenvalue weighted by molar-refractivity contribution is 5.92.